The number of primary amides is 1. The van der Waals surface area contributed by atoms with E-state index in [-0.39, 0.29) is 5.91 Å². The number of halogens is 1. The van der Waals surface area contributed by atoms with E-state index in [9.17, 15) is 9.59 Å². The van der Waals surface area contributed by atoms with Crippen molar-refractivity contribution in [2.75, 3.05) is 13.1 Å². The van der Waals surface area contributed by atoms with E-state index in [2.05, 4.69) is 4.98 Å². The smallest absolute Gasteiger partial charge is 0.253 e. The molecule has 5 nitrogen and oxygen atoms in total. The van der Waals surface area contributed by atoms with Crippen LogP contribution in [0.2, 0.25) is 5.02 Å². The Labute approximate surface area is 174 Å². The molecule has 0 atom stereocenters. The van der Waals surface area contributed by atoms with Crippen LogP contribution in [0.3, 0.4) is 0 Å². The zero-order valence-electron chi connectivity index (χ0n) is 15.8. The van der Waals surface area contributed by atoms with Gasteiger partial charge in [-0.05, 0) is 66.4 Å². The Morgan fingerprint density at radius 1 is 0.966 bits per heavy atom. The second kappa shape index (κ2) is 8.05. The van der Waals surface area contributed by atoms with E-state index in [0.717, 1.165) is 42.8 Å². The number of aromatic nitrogens is 1. The summed E-state index contributed by atoms with van der Waals surface area (Å²) in [5, 5.41) is 0.553. The summed E-state index contributed by atoms with van der Waals surface area (Å²) in [6.45, 7) is 1.52. The molecule has 0 bridgehead atoms. The highest BCUT2D eigenvalue weighted by atomic mass is 35.5. The first-order valence-corrected chi connectivity index (χ1v) is 9.87. The Morgan fingerprint density at radius 3 is 2.45 bits per heavy atom. The van der Waals surface area contributed by atoms with Crippen LogP contribution in [0, 0.1) is 0 Å². The van der Waals surface area contributed by atoms with Gasteiger partial charge < -0.3 is 10.6 Å². The summed E-state index contributed by atoms with van der Waals surface area (Å²) in [5.41, 5.74) is 9.34. The Bertz CT molecular complexity index is 1080. The quantitative estimate of drug-likeness (QED) is 0.698. The van der Waals surface area contributed by atoms with E-state index in [1.54, 1.807) is 30.5 Å². The van der Waals surface area contributed by atoms with Crippen LogP contribution in [0.1, 0.15) is 33.6 Å². The molecule has 0 spiro atoms. The summed E-state index contributed by atoms with van der Waals surface area (Å²) in [4.78, 5) is 31.1. The number of hydrogen-bond acceptors (Lipinski definition) is 3. The molecule has 1 aliphatic heterocycles. The fraction of sp³-hybridized carbons (Fsp3) is 0.174. The van der Waals surface area contributed by atoms with Crippen LogP contribution in [-0.4, -0.2) is 34.8 Å². The minimum absolute atomic E-state index is 0.0290. The van der Waals surface area contributed by atoms with Gasteiger partial charge in [-0.1, -0.05) is 23.7 Å². The minimum Gasteiger partial charge on any atom is -0.366 e. The average molecular weight is 406 g/mol. The molecule has 146 valence electrons. The number of rotatable bonds is 4. The zero-order chi connectivity index (χ0) is 20.4. The van der Waals surface area contributed by atoms with Gasteiger partial charge in [-0.15, -0.1) is 0 Å². The lowest BCUT2D eigenvalue weighted by Gasteiger charge is -2.17. The molecule has 0 saturated carbocycles. The zero-order valence-corrected chi connectivity index (χ0v) is 16.5. The van der Waals surface area contributed by atoms with Gasteiger partial charge in [-0.2, -0.15) is 0 Å². The van der Waals surface area contributed by atoms with Gasteiger partial charge in [0.1, 0.15) is 0 Å². The summed E-state index contributed by atoms with van der Waals surface area (Å²) >= 11 is 6.40. The van der Waals surface area contributed by atoms with E-state index >= 15 is 0 Å². The molecular weight excluding hydrogens is 386 g/mol. The van der Waals surface area contributed by atoms with Crippen LogP contribution < -0.4 is 5.73 Å². The van der Waals surface area contributed by atoms with E-state index in [1.165, 1.54) is 0 Å². The van der Waals surface area contributed by atoms with Gasteiger partial charge in [-0.3, -0.25) is 14.6 Å². The van der Waals surface area contributed by atoms with Crippen LogP contribution in [0.5, 0.6) is 0 Å². The van der Waals surface area contributed by atoms with Gasteiger partial charge >= 0.3 is 0 Å². The van der Waals surface area contributed by atoms with Crippen LogP contribution in [0.15, 0.2) is 60.8 Å². The Morgan fingerprint density at radius 2 is 1.76 bits per heavy atom. The van der Waals surface area contributed by atoms with E-state index in [1.807, 2.05) is 35.2 Å². The van der Waals surface area contributed by atoms with Gasteiger partial charge in [-0.25, -0.2) is 0 Å². The molecule has 0 radical (unpaired) electrons. The molecular formula is C23H20ClN3O2. The van der Waals surface area contributed by atoms with Crippen LogP contribution in [0.25, 0.3) is 22.4 Å². The third-order valence-electron chi connectivity index (χ3n) is 5.14. The molecule has 2 aromatic carbocycles. The van der Waals surface area contributed by atoms with Crippen molar-refractivity contribution in [3.8, 4) is 22.4 Å². The summed E-state index contributed by atoms with van der Waals surface area (Å²) in [7, 11) is 0. The van der Waals surface area contributed by atoms with Crippen molar-refractivity contribution in [3.05, 3.63) is 76.9 Å². The molecule has 1 saturated heterocycles. The minimum atomic E-state index is -0.547. The fourth-order valence-electron chi connectivity index (χ4n) is 3.64. The number of nitrogens with zero attached hydrogens (tertiary/aromatic N) is 2. The lowest BCUT2D eigenvalue weighted by Crippen LogP contribution is -2.27. The maximum absolute atomic E-state index is 12.8. The standard InChI is InChI=1S/C23H20ClN3O2/c24-20-9-7-15(13-19(20)21-5-1-2-10-26-21)18-14-16(6-8-17(18)22(25)28)23(29)27-11-3-4-12-27/h1-2,5-10,13-14H,3-4,11-12H2,(H2,25,28). The van der Waals surface area contributed by atoms with Gasteiger partial charge in [0.25, 0.3) is 5.91 Å². The predicted molar refractivity (Wildman–Crippen MR) is 114 cm³/mol. The molecule has 2 amide bonds. The SMILES string of the molecule is NC(=O)c1ccc(C(=O)N2CCCC2)cc1-c1ccc(Cl)c(-c2ccccn2)c1. The van der Waals surface area contributed by atoms with Crippen molar-refractivity contribution in [2.45, 2.75) is 12.8 Å². The first kappa shape index (κ1) is 19.2. The second-order valence-corrected chi connectivity index (χ2v) is 7.44. The van der Waals surface area contributed by atoms with Gasteiger partial charge in [0, 0.05) is 41.0 Å². The highest BCUT2D eigenvalue weighted by Gasteiger charge is 2.21. The molecule has 29 heavy (non-hydrogen) atoms. The third-order valence-corrected chi connectivity index (χ3v) is 5.47. The first-order chi connectivity index (χ1) is 14.0. The first-order valence-electron chi connectivity index (χ1n) is 9.49. The van der Waals surface area contributed by atoms with Crippen LogP contribution in [0.4, 0.5) is 0 Å². The van der Waals surface area contributed by atoms with E-state index in [4.69, 9.17) is 17.3 Å². The third kappa shape index (κ3) is 3.87. The van der Waals surface area contributed by atoms with Crippen LogP contribution in [-0.2, 0) is 0 Å². The molecule has 1 fully saturated rings. The fourth-order valence-corrected chi connectivity index (χ4v) is 3.86. The molecule has 6 heteroatoms. The number of carbonyl (C=O) groups excluding carboxylic acids is 2. The number of likely N-dealkylation sites (tertiary alicyclic amines) is 1. The van der Waals surface area contributed by atoms with Crippen molar-refractivity contribution < 1.29 is 9.59 Å². The molecule has 2 heterocycles. The lowest BCUT2D eigenvalue weighted by molar-refractivity contribution is 0.0792. The highest BCUT2D eigenvalue weighted by Crippen LogP contribution is 2.33. The predicted octanol–water partition coefficient (Wildman–Crippen LogP) is 4.40. The Hall–Kier alpha value is -3.18. The second-order valence-electron chi connectivity index (χ2n) is 7.03. The lowest BCUT2D eigenvalue weighted by atomic mass is 9.94. The van der Waals surface area contributed by atoms with Crippen molar-refractivity contribution in [3.63, 3.8) is 0 Å². The number of benzene rings is 2. The summed E-state index contributed by atoms with van der Waals surface area (Å²) in [5.74, 6) is -0.576. The van der Waals surface area contributed by atoms with E-state index < -0.39 is 5.91 Å². The number of carbonyl (C=O) groups is 2. The number of hydrogen-bond donors (Lipinski definition) is 1. The molecule has 4 rings (SSSR count). The summed E-state index contributed by atoms with van der Waals surface area (Å²) in [6, 6.07) is 16.1. The molecule has 2 N–H and O–H groups in total. The molecule has 0 aliphatic carbocycles. The largest absolute Gasteiger partial charge is 0.366 e. The van der Waals surface area contributed by atoms with Crippen molar-refractivity contribution in [2.24, 2.45) is 5.73 Å². The van der Waals surface area contributed by atoms with Gasteiger partial charge in [0.05, 0.1) is 5.69 Å². The summed E-state index contributed by atoms with van der Waals surface area (Å²) in [6.07, 6.45) is 3.73. The highest BCUT2D eigenvalue weighted by molar-refractivity contribution is 6.33. The topological polar surface area (TPSA) is 76.3 Å². The van der Waals surface area contributed by atoms with Crippen molar-refractivity contribution in [1.29, 1.82) is 0 Å². The molecule has 3 aromatic rings. The van der Waals surface area contributed by atoms with Crippen molar-refractivity contribution in [1.82, 2.24) is 9.88 Å². The number of pyridine rings is 1. The van der Waals surface area contributed by atoms with Crippen LogP contribution >= 0.6 is 11.6 Å². The normalized spacial score (nSPS) is 13.5. The number of amides is 2. The van der Waals surface area contributed by atoms with Gasteiger partial charge in [0.2, 0.25) is 5.91 Å². The van der Waals surface area contributed by atoms with Gasteiger partial charge in [0.15, 0.2) is 0 Å². The molecule has 1 aliphatic rings. The Balaban J connectivity index is 1.82. The number of nitrogens with two attached hydrogens (primary N) is 1. The Kier molecular flexibility index (Phi) is 5.32. The summed E-state index contributed by atoms with van der Waals surface area (Å²) < 4.78 is 0. The average Bonchev–Trinajstić information content (AvgIpc) is 3.28. The van der Waals surface area contributed by atoms with Crippen molar-refractivity contribution >= 4 is 23.4 Å². The monoisotopic (exact) mass is 405 g/mol. The maximum atomic E-state index is 12.8. The molecule has 0 unspecified atom stereocenters. The molecule has 1 aromatic heterocycles. The van der Waals surface area contributed by atoms with E-state index in [0.29, 0.717) is 21.7 Å². The maximum Gasteiger partial charge on any atom is 0.253 e.